The van der Waals surface area contributed by atoms with Gasteiger partial charge in [0.05, 0.1) is 5.25 Å². The molecule has 0 spiro atoms. The summed E-state index contributed by atoms with van der Waals surface area (Å²) >= 11 is 1.73. The molecule has 3 nitrogen and oxygen atoms in total. The van der Waals surface area contributed by atoms with Gasteiger partial charge in [-0.1, -0.05) is 6.42 Å². The average Bonchev–Trinajstić information content (AvgIpc) is 2.40. The summed E-state index contributed by atoms with van der Waals surface area (Å²) in [4.78, 5) is 22.4. The second kappa shape index (κ2) is 5.87. The topological polar surface area (TPSA) is 46.2 Å². The van der Waals surface area contributed by atoms with E-state index in [0.29, 0.717) is 5.56 Å². The van der Waals surface area contributed by atoms with Crippen molar-refractivity contribution < 1.29 is 9.59 Å². The number of amides is 1. The van der Waals surface area contributed by atoms with Crippen molar-refractivity contribution in [2.24, 2.45) is 0 Å². The molecule has 90 valence electrons. The lowest BCUT2D eigenvalue weighted by Crippen LogP contribution is -2.27. The summed E-state index contributed by atoms with van der Waals surface area (Å²) in [7, 11) is 0. The predicted molar refractivity (Wildman–Crippen MR) is 70.6 cm³/mol. The molecule has 1 N–H and O–H groups in total. The Morgan fingerprint density at radius 2 is 2.06 bits per heavy atom. The van der Waals surface area contributed by atoms with Gasteiger partial charge in [0, 0.05) is 11.3 Å². The Morgan fingerprint density at radius 1 is 1.29 bits per heavy atom. The quantitative estimate of drug-likeness (QED) is 0.838. The van der Waals surface area contributed by atoms with Gasteiger partial charge in [-0.2, -0.15) is 0 Å². The third kappa shape index (κ3) is 3.33. The lowest BCUT2D eigenvalue weighted by atomic mass is 10.1. The van der Waals surface area contributed by atoms with Crippen molar-refractivity contribution >= 4 is 29.6 Å². The molecule has 0 saturated carbocycles. The highest BCUT2D eigenvalue weighted by molar-refractivity contribution is 8.00. The third-order valence-corrected chi connectivity index (χ3v) is 4.16. The summed E-state index contributed by atoms with van der Waals surface area (Å²) in [5.41, 5.74) is 1.38. The van der Waals surface area contributed by atoms with E-state index in [2.05, 4.69) is 5.32 Å². The summed E-state index contributed by atoms with van der Waals surface area (Å²) in [6.07, 6.45) is 4.10. The first-order chi connectivity index (χ1) is 8.29. The van der Waals surface area contributed by atoms with Crippen LogP contribution in [0.25, 0.3) is 0 Å². The predicted octanol–water partition coefficient (Wildman–Crippen LogP) is 2.72. The third-order valence-electron chi connectivity index (χ3n) is 2.79. The van der Waals surface area contributed by atoms with Crippen molar-refractivity contribution in [2.45, 2.75) is 24.5 Å². The molecule has 4 heteroatoms. The minimum Gasteiger partial charge on any atom is -0.325 e. The summed E-state index contributed by atoms with van der Waals surface area (Å²) in [6, 6.07) is 6.93. The van der Waals surface area contributed by atoms with E-state index in [1.807, 2.05) is 0 Å². The van der Waals surface area contributed by atoms with Crippen LogP contribution >= 0.6 is 11.8 Å². The van der Waals surface area contributed by atoms with Gasteiger partial charge in [-0.25, -0.2) is 0 Å². The number of rotatable bonds is 3. The number of hydrogen-bond acceptors (Lipinski definition) is 3. The van der Waals surface area contributed by atoms with Crippen LogP contribution in [0.15, 0.2) is 24.3 Å². The number of carbonyl (C=O) groups is 2. The van der Waals surface area contributed by atoms with Crippen LogP contribution in [0.3, 0.4) is 0 Å². The molecule has 2 rings (SSSR count). The molecule has 1 fully saturated rings. The Morgan fingerprint density at radius 3 is 2.65 bits per heavy atom. The number of aldehydes is 1. The maximum atomic E-state index is 11.9. The zero-order chi connectivity index (χ0) is 12.1. The molecule has 0 radical (unpaired) electrons. The number of thioether (sulfide) groups is 1. The molecule has 1 aliphatic heterocycles. The average molecular weight is 249 g/mol. The summed E-state index contributed by atoms with van der Waals surface area (Å²) in [6.45, 7) is 0. The Balaban J connectivity index is 1.94. The highest BCUT2D eigenvalue weighted by Gasteiger charge is 2.21. The highest BCUT2D eigenvalue weighted by atomic mass is 32.2. The van der Waals surface area contributed by atoms with E-state index in [4.69, 9.17) is 0 Å². The van der Waals surface area contributed by atoms with Crippen LogP contribution in [0.1, 0.15) is 29.6 Å². The second-order valence-corrected chi connectivity index (χ2v) is 5.39. The molecule has 17 heavy (non-hydrogen) atoms. The van der Waals surface area contributed by atoms with Gasteiger partial charge in [0.2, 0.25) is 5.91 Å². The molecule has 0 aromatic heterocycles. The Labute approximate surface area is 105 Å². The Kier molecular flexibility index (Phi) is 4.20. The van der Waals surface area contributed by atoms with Crippen LogP contribution in [-0.2, 0) is 4.79 Å². The Hall–Kier alpha value is -1.29. The number of anilines is 1. The van der Waals surface area contributed by atoms with Gasteiger partial charge in [-0.05, 0) is 42.9 Å². The molecule has 1 amide bonds. The van der Waals surface area contributed by atoms with Crippen LogP contribution in [0, 0.1) is 0 Å². The first-order valence-corrected chi connectivity index (χ1v) is 6.82. The van der Waals surface area contributed by atoms with E-state index in [1.165, 1.54) is 6.42 Å². The second-order valence-electron chi connectivity index (χ2n) is 4.08. The summed E-state index contributed by atoms with van der Waals surface area (Å²) in [5.74, 6) is 1.15. The molecule has 0 aliphatic carbocycles. The van der Waals surface area contributed by atoms with Crippen molar-refractivity contribution in [2.75, 3.05) is 11.1 Å². The van der Waals surface area contributed by atoms with E-state index in [1.54, 1.807) is 36.0 Å². The molecule has 1 atom stereocenters. The molecule has 1 aromatic rings. The van der Waals surface area contributed by atoms with Gasteiger partial charge < -0.3 is 5.32 Å². The molecule has 1 saturated heterocycles. The van der Waals surface area contributed by atoms with E-state index >= 15 is 0 Å². The zero-order valence-electron chi connectivity index (χ0n) is 9.52. The van der Waals surface area contributed by atoms with Crippen LogP contribution < -0.4 is 5.32 Å². The molecule has 1 unspecified atom stereocenters. The number of hydrogen-bond donors (Lipinski definition) is 1. The lowest BCUT2D eigenvalue weighted by Gasteiger charge is -2.20. The largest absolute Gasteiger partial charge is 0.325 e. The maximum absolute atomic E-state index is 11.9. The van der Waals surface area contributed by atoms with Gasteiger partial charge in [0.25, 0.3) is 0 Å². The fourth-order valence-electron chi connectivity index (χ4n) is 1.82. The smallest absolute Gasteiger partial charge is 0.237 e. The Bertz CT molecular complexity index is 396. The van der Waals surface area contributed by atoms with Crippen molar-refractivity contribution in [3.8, 4) is 0 Å². The first-order valence-electron chi connectivity index (χ1n) is 5.77. The van der Waals surface area contributed by atoms with Crippen molar-refractivity contribution in [3.63, 3.8) is 0 Å². The number of benzene rings is 1. The number of nitrogens with one attached hydrogen (secondary N) is 1. The van der Waals surface area contributed by atoms with Gasteiger partial charge in [0.15, 0.2) is 0 Å². The molecular weight excluding hydrogens is 234 g/mol. The standard InChI is InChI=1S/C13H15NO2S/c15-9-10-4-6-11(7-5-10)14-13(16)12-3-1-2-8-17-12/h4-7,9,12H,1-3,8H2,(H,14,16). The summed E-state index contributed by atoms with van der Waals surface area (Å²) in [5, 5.41) is 2.97. The molecule has 1 heterocycles. The minimum absolute atomic E-state index is 0.0774. The van der Waals surface area contributed by atoms with Crippen LogP contribution in [0.5, 0.6) is 0 Å². The van der Waals surface area contributed by atoms with Crippen molar-refractivity contribution in [1.82, 2.24) is 0 Å². The van der Waals surface area contributed by atoms with E-state index in [0.717, 1.165) is 30.6 Å². The summed E-state index contributed by atoms with van der Waals surface area (Å²) < 4.78 is 0. The molecule has 0 bridgehead atoms. The van der Waals surface area contributed by atoms with Gasteiger partial charge in [-0.3, -0.25) is 9.59 Å². The normalized spacial score (nSPS) is 19.6. The van der Waals surface area contributed by atoms with Gasteiger partial charge in [0.1, 0.15) is 6.29 Å². The van der Waals surface area contributed by atoms with Crippen molar-refractivity contribution in [3.05, 3.63) is 29.8 Å². The zero-order valence-corrected chi connectivity index (χ0v) is 10.3. The molecule has 1 aromatic carbocycles. The van der Waals surface area contributed by atoms with E-state index in [9.17, 15) is 9.59 Å². The van der Waals surface area contributed by atoms with E-state index < -0.39 is 0 Å². The van der Waals surface area contributed by atoms with E-state index in [-0.39, 0.29) is 11.2 Å². The van der Waals surface area contributed by atoms with Crippen molar-refractivity contribution in [1.29, 1.82) is 0 Å². The lowest BCUT2D eigenvalue weighted by molar-refractivity contribution is -0.115. The van der Waals surface area contributed by atoms with Gasteiger partial charge >= 0.3 is 0 Å². The van der Waals surface area contributed by atoms with Crippen LogP contribution in [0.4, 0.5) is 5.69 Å². The fourth-order valence-corrected chi connectivity index (χ4v) is 3.01. The molecular formula is C13H15NO2S. The SMILES string of the molecule is O=Cc1ccc(NC(=O)C2CCCCS2)cc1. The van der Waals surface area contributed by atoms with Crippen LogP contribution in [0.2, 0.25) is 0 Å². The maximum Gasteiger partial charge on any atom is 0.237 e. The van der Waals surface area contributed by atoms with Gasteiger partial charge in [-0.15, -0.1) is 11.8 Å². The first kappa shape index (κ1) is 12.2. The fraction of sp³-hybridized carbons (Fsp3) is 0.385. The highest BCUT2D eigenvalue weighted by Crippen LogP contribution is 2.26. The molecule has 1 aliphatic rings. The monoisotopic (exact) mass is 249 g/mol. The number of carbonyl (C=O) groups excluding carboxylic acids is 2. The van der Waals surface area contributed by atoms with Crippen LogP contribution in [-0.4, -0.2) is 23.2 Å². The minimum atomic E-state index is 0.0774.